The Labute approximate surface area is 109 Å². The van der Waals surface area contributed by atoms with Crippen LogP contribution in [0.3, 0.4) is 0 Å². The average molecular weight is 250 g/mol. The second-order valence-electron chi connectivity index (χ2n) is 5.60. The van der Waals surface area contributed by atoms with Gasteiger partial charge in [0.25, 0.3) is 0 Å². The van der Waals surface area contributed by atoms with Crippen molar-refractivity contribution in [3.05, 3.63) is 36.0 Å². The number of rotatable bonds is 3. The molecule has 0 radical (unpaired) electrons. The van der Waals surface area contributed by atoms with Gasteiger partial charge < -0.3 is 10.2 Å². The van der Waals surface area contributed by atoms with Crippen molar-refractivity contribution in [2.45, 2.75) is 39.7 Å². The molecule has 1 aliphatic rings. The third kappa shape index (κ3) is 3.33. The van der Waals surface area contributed by atoms with Crippen molar-refractivity contribution in [3.63, 3.8) is 0 Å². The van der Waals surface area contributed by atoms with Gasteiger partial charge in [0, 0.05) is 17.4 Å². The van der Waals surface area contributed by atoms with E-state index in [-0.39, 0.29) is 17.4 Å². The van der Waals surface area contributed by atoms with Crippen molar-refractivity contribution in [2.75, 3.05) is 0 Å². The van der Waals surface area contributed by atoms with Gasteiger partial charge in [0.15, 0.2) is 0 Å². The van der Waals surface area contributed by atoms with E-state index in [9.17, 15) is 9.90 Å². The monoisotopic (exact) mass is 250 g/mol. The number of carbonyl (C=O) groups is 1. The van der Waals surface area contributed by atoms with E-state index in [1.54, 1.807) is 13.0 Å². The Morgan fingerprint density at radius 2 is 2.11 bits per heavy atom. The first kappa shape index (κ1) is 14.7. The molecule has 0 spiro atoms. The first-order valence-electron chi connectivity index (χ1n) is 6.20. The van der Waals surface area contributed by atoms with Crippen LogP contribution in [0.2, 0.25) is 0 Å². The summed E-state index contributed by atoms with van der Waals surface area (Å²) in [4.78, 5) is 10.5. The molecule has 1 rings (SSSR count). The van der Waals surface area contributed by atoms with Gasteiger partial charge in [-0.15, -0.1) is 0 Å². The van der Waals surface area contributed by atoms with E-state index < -0.39 is 5.97 Å². The van der Waals surface area contributed by atoms with E-state index in [0.717, 1.165) is 18.4 Å². The fraction of sp³-hybridized carbons (Fsp3) is 0.533. The molecule has 3 nitrogen and oxygen atoms in total. The highest BCUT2D eigenvalue weighted by Crippen LogP contribution is 2.44. The van der Waals surface area contributed by atoms with Crippen LogP contribution in [-0.2, 0) is 4.79 Å². The largest absolute Gasteiger partial charge is 0.478 e. The highest BCUT2D eigenvalue weighted by Gasteiger charge is 2.39. The minimum Gasteiger partial charge on any atom is -0.478 e. The number of hydrogen-bond donors (Lipinski definition) is 2. The van der Waals surface area contributed by atoms with Gasteiger partial charge in [0.1, 0.15) is 0 Å². The summed E-state index contributed by atoms with van der Waals surface area (Å²) in [5, 5.41) is 18.7. The van der Waals surface area contributed by atoms with E-state index in [2.05, 4.69) is 6.58 Å². The van der Waals surface area contributed by atoms with E-state index in [4.69, 9.17) is 5.11 Å². The van der Waals surface area contributed by atoms with Crippen LogP contribution < -0.4 is 0 Å². The van der Waals surface area contributed by atoms with Crippen molar-refractivity contribution in [1.82, 2.24) is 0 Å². The van der Waals surface area contributed by atoms with Crippen LogP contribution in [0.25, 0.3) is 0 Å². The van der Waals surface area contributed by atoms with Gasteiger partial charge in [0.05, 0.1) is 6.10 Å². The summed E-state index contributed by atoms with van der Waals surface area (Å²) in [6, 6.07) is 0. The number of aliphatic hydroxyl groups is 1. The maximum Gasteiger partial charge on any atom is 0.328 e. The molecule has 1 saturated carbocycles. The van der Waals surface area contributed by atoms with Crippen LogP contribution in [0.1, 0.15) is 33.6 Å². The van der Waals surface area contributed by atoms with Crippen LogP contribution >= 0.6 is 0 Å². The summed E-state index contributed by atoms with van der Waals surface area (Å²) in [5.74, 6) is -0.864. The zero-order valence-electron chi connectivity index (χ0n) is 11.3. The molecular weight excluding hydrogens is 228 g/mol. The van der Waals surface area contributed by atoms with Crippen molar-refractivity contribution in [3.8, 4) is 0 Å². The molecule has 0 aromatic heterocycles. The fourth-order valence-corrected chi connectivity index (χ4v) is 2.46. The van der Waals surface area contributed by atoms with Crippen LogP contribution in [0.15, 0.2) is 36.0 Å². The molecule has 0 aromatic rings. The van der Waals surface area contributed by atoms with Gasteiger partial charge in [-0.1, -0.05) is 38.2 Å². The molecular formula is C15H22O3. The molecule has 2 atom stereocenters. The number of aliphatic hydroxyl groups excluding tert-OH is 1. The number of allylic oxidation sites excluding steroid dienone is 4. The van der Waals surface area contributed by atoms with E-state index >= 15 is 0 Å². The maximum atomic E-state index is 10.5. The zero-order chi connectivity index (χ0) is 13.9. The molecule has 0 heterocycles. The van der Waals surface area contributed by atoms with Crippen molar-refractivity contribution >= 4 is 5.97 Å². The molecule has 1 aliphatic carbocycles. The van der Waals surface area contributed by atoms with Gasteiger partial charge in [-0.2, -0.15) is 0 Å². The first-order valence-corrected chi connectivity index (χ1v) is 6.20. The van der Waals surface area contributed by atoms with Crippen molar-refractivity contribution in [2.24, 2.45) is 11.3 Å². The quantitative estimate of drug-likeness (QED) is 0.460. The van der Waals surface area contributed by atoms with Gasteiger partial charge in [0.2, 0.25) is 0 Å². The molecule has 0 unspecified atom stereocenters. The molecule has 0 bridgehead atoms. The third-order valence-corrected chi connectivity index (χ3v) is 3.74. The minimum atomic E-state index is -0.945. The van der Waals surface area contributed by atoms with Crippen LogP contribution in [0.4, 0.5) is 0 Å². The second-order valence-corrected chi connectivity index (χ2v) is 5.60. The lowest BCUT2D eigenvalue weighted by atomic mass is 9.65. The molecule has 0 aromatic carbocycles. The third-order valence-electron chi connectivity index (χ3n) is 3.74. The van der Waals surface area contributed by atoms with Gasteiger partial charge in [-0.25, -0.2) is 4.79 Å². The second kappa shape index (κ2) is 5.53. The Balaban J connectivity index is 2.90. The Bertz CT molecular complexity index is 402. The number of aliphatic carboxylic acids is 1. The minimum absolute atomic E-state index is 0.0818. The van der Waals surface area contributed by atoms with Gasteiger partial charge in [-0.05, 0) is 25.3 Å². The average Bonchev–Trinajstić information content (AvgIpc) is 2.22. The lowest BCUT2D eigenvalue weighted by Gasteiger charge is -2.42. The topological polar surface area (TPSA) is 57.5 Å². The smallest absolute Gasteiger partial charge is 0.328 e. The lowest BCUT2D eigenvalue weighted by Crippen LogP contribution is -2.40. The van der Waals surface area contributed by atoms with Gasteiger partial charge >= 0.3 is 5.97 Å². The highest BCUT2D eigenvalue weighted by molar-refractivity contribution is 5.81. The highest BCUT2D eigenvalue weighted by atomic mass is 16.4. The normalized spacial score (nSPS) is 28.7. The predicted octanol–water partition coefficient (Wildman–Crippen LogP) is 2.93. The van der Waals surface area contributed by atoms with Crippen LogP contribution in [0, 0.1) is 11.3 Å². The van der Waals surface area contributed by atoms with Gasteiger partial charge in [-0.3, -0.25) is 0 Å². The Hall–Kier alpha value is -1.35. The molecule has 2 N–H and O–H groups in total. The summed E-state index contributed by atoms with van der Waals surface area (Å²) in [5.41, 5.74) is 1.53. The number of hydrogen-bond acceptors (Lipinski definition) is 2. The number of carboxylic acids is 1. The summed E-state index contributed by atoms with van der Waals surface area (Å²) < 4.78 is 0. The summed E-state index contributed by atoms with van der Waals surface area (Å²) in [6.07, 6.45) is 6.15. The Morgan fingerprint density at radius 1 is 1.50 bits per heavy atom. The number of carboxylic acid groups (broad SMARTS) is 1. The predicted molar refractivity (Wildman–Crippen MR) is 72.2 cm³/mol. The van der Waals surface area contributed by atoms with E-state index in [1.165, 1.54) is 6.08 Å². The molecule has 0 amide bonds. The maximum absolute atomic E-state index is 10.5. The standard InChI is InChI=1S/C15H22O3/c1-10(9-14(17)18)5-7-12-11(2)6-8-13(16)15(12,3)4/h5,7,9,12-13,16H,2,6,8H2,1,3-4H3,(H,17,18)/b7-5?,10-9+/t12-,13-/m0/s1. The Morgan fingerprint density at radius 3 is 2.67 bits per heavy atom. The molecule has 3 heteroatoms. The molecule has 18 heavy (non-hydrogen) atoms. The Kier molecular flexibility index (Phi) is 4.52. The van der Waals surface area contributed by atoms with E-state index in [0.29, 0.717) is 5.57 Å². The van der Waals surface area contributed by atoms with E-state index in [1.807, 2.05) is 19.9 Å². The molecule has 0 saturated heterocycles. The van der Waals surface area contributed by atoms with Crippen molar-refractivity contribution in [1.29, 1.82) is 0 Å². The van der Waals surface area contributed by atoms with Crippen molar-refractivity contribution < 1.29 is 15.0 Å². The summed E-state index contributed by atoms with van der Waals surface area (Å²) in [7, 11) is 0. The first-order chi connectivity index (χ1) is 8.25. The lowest BCUT2D eigenvalue weighted by molar-refractivity contribution is -0.131. The van der Waals surface area contributed by atoms with Crippen LogP contribution in [-0.4, -0.2) is 22.3 Å². The summed E-state index contributed by atoms with van der Waals surface area (Å²) in [6.45, 7) is 9.86. The summed E-state index contributed by atoms with van der Waals surface area (Å²) >= 11 is 0. The SMILES string of the molecule is C=C1CC[C@H](O)C(C)(C)[C@H]1C=C/C(C)=C/C(=O)O. The van der Waals surface area contributed by atoms with Crippen LogP contribution in [0.5, 0.6) is 0 Å². The molecule has 0 aliphatic heterocycles. The zero-order valence-corrected chi connectivity index (χ0v) is 11.3. The molecule has 100 valence electrons. The fourth-order valence-electron chi connectivity index (χ4n) is 2.46. The molecule has 1 fully saturated rings.